The second-order valence-electron chi connectivity index (χ2n) is 6.39. The number of H-pyrrole nitrogens is 1. The highest BCUT2D eigenvalue weighted by Gasteiger charge is 2.16. The second-order valence-corrected chi connectivity index (χ2v) is 7.46. The van der Waals surface area contributed by atoms with E-state index in [0.717, 1.165) is 34.3 Å². The fourth-order valence-electron chi connectivity index (χ4n) is 3.07. The molecule has 8 heteroatoms. The molecule has 0 radical (unpaired) electrons. The number of halogens is 1. The number of fused-ring (bicyclic) bond motifs is 1. The Hall–Kier alpha value is -3.26. The van der Waals surface area contributed by atoms with Crippen LogP contribution in [0, 0.1) is 5.82 Å². The van der Waals surface area contributed by atoms with E-state index < -0.39 is 5.82 Å². The Morgan fingerprint density at radius 3 is 2.86 bits per heavy atom. The Bertz CT molecular complexity index is 1220. The van der Waals surface area contributed by atoms with Crippen LogP contribution >= 0.6 is 11.9 Å². The normalized spacial score (nSPS) is 11.0. The average Bonchev–Trinajstić information content (AvgIpc) is 3.22. The van der Waals surface area contributed by atoms with Crippen molar-refractivity contribution in [1.29, 1.82) is 0 Å². The third kappa shape index (κ3) is 3.84. The van der Waals surface area contributed by atoms with Gasteiger partial charge in [-0.1, -0.05) is 18.9 Å². The summed E-state index contributed by atoms with van der Waals surface area (Å²) >= 11 is 1.58. The van der Waals surface area contributed by atoms with Crippen molar-refractivity contribution in [2.75, 3.05) is 10.5 Å². The summed E-state index contributed by atoms with van der Waals surface area (Å²) in [6.07, 6.45) is 4.63. The van der Waals surface area contributed by atoms with E-state index in [1.165, 1.54) is 12.1 Å². The lowest BCUT2D eigenvalue weighted by molar-refractivity contribution is 0.461. The zero-order valence-corrected chi connectivity index (χ0v) is 16.7. The van der Waals surface area contributed by atoms with Gasteiger partial charge >= 0.3 is 0 Å². The molecule has 29 heavy (non-hydrogen) atoms. The van der Waals surface area contributed by atoms with Crippen LogP contribution in [0.5, 0.6) is 11.6 Å². The van der Waals surface area contributed by atoms with E-state index in [4.69, 9.17) is 4.74 Å². The molecular weight excluding hydrogens is 391 g/mol. The van der Waals surface area contributed by atoms with Gasteiger partial charge in [-0.3, -0.25) is 4.79 Å². The number of nitrogens with one attached hydrogen (secondary N) is 2. The number of rotatable bonds is 6. The molecule has 0 saturated heterocycles. The van der Waals surface area contributed by atoms with Gasteiger partial charge in [0.25, 0.3) is 5.56 Å². The van der Waals surface area contributed by atoms with Gasteiger partial charge in [0.15, 0.2) is 0 Å². The maximum atomic E-state index is 13.2. The molecule has 3 aromatic heterocycles. The maximum absolute atomic E-state index is 13.2. The van der Waals surface area contributed by atoms with Crippen molar-refractivity contribution in [3.8, 4) is 22.8 Å². The lowest BCUT2D eigenvalue weighted by atomic mass is 10.0. The minimum Gasteiger partial charge on any atom is -0.438 e. The minimum absolute atomic E-state index is 0.0801. The molecular formula is C21H19FN4O2S. The summed E-state index contributed by atoms with van der Waals surface area (Å²) in [6.45, 7) is 2.06. The van der Waals surface area contributed by atoms with E-state index in [0.29, 0.717) is 11.1 Å². The lowest BCUT2D eigenvalue weighted by Crippen LogP contribution is -2.16. The number of aromatic amines is 1. The number of aryl methyl sites for hydroxylation is 1. The molecule has 4 aromatic rings. The largest absolute Gasteiger partial charge is 0.438 e. The second kappa shape index (κ2) is 8.00. The summed E-state index contributed by atoms with van der Waals surface area (Å²) in [5.41, 5.74) is 3.14. The lowest BCUT2D eigenvalue weighted by Gasteiger charge is -2.15. The number of benzene rings is 1. The van der Waals surface area contributed by atoms with Crippen molar-refractivity contribution < 1.29 is 9.13 Å². The van der Waals surface area contributed by atoms with E-state index in [9.17, 15) is 9.18 Å². The Kier molecular flexibility index (Phi) is 5.26. The molecule has 0 aliphatic heterocycles. The van der Waals surface area contributed by atoms with E-state index in [-0.39, 0.29) is 11.4 Å². The molecule has 148 valence electrons. The van der Waals surface area contributed by atoms with E-state index in [1.807, 2.05) is 18.2 Å². The zero-order chi connectivity index (χ0) is 20.4. The average molecular weight is 410 g/mol. The highest BCUT2D eigenvalue weighted by Crippen LogP contribution is 2.38. The first-order valence-electron chi connectivity index (χ1n) is 9.05. The SMILES string of the molecule is CCSNc1ccc(Oc2ccc(F)cn2)c(-c2cn(C)c(=O)c3cc[nH]c23)c1. The van der Waals surface area contributed by atoms with Gasteiger partial charge in [0.2, 0.25) is 5.88 Å². The Labute approximate surface area is 170 Å². The molecule has 6 nitrogen and oxygen atoms in total. The third-order valence-corrected chi connectivity index (χ3v) is 5.08. The van der Waals surface area contributed by atoms with Gasteiger partial charge in [0.05, 0.1) is 17.1 Å². The molecule has 0 amide bonds. The highest BCUT2D eigenvalue weighted by molar-refractivity contribution is 8.00. The van der Waals surface area contributed by atoms with Gasteiger partial charge < -0.3 is 19.0 Å². The van der Waals surface area contributed by atoms with Crippen molar-refractivity contribution in [1.82, 2.24) is 14.5 Å². The van der Waals surface area contributed by atoms with Gasteiger partial charge in [-0.2, -0.15) is 0 Å². The van der Waals surface area contributed by atoms with E-state index >= 15 is 0 Å². The molecule has 4 rings (SSSR count). The van der Waals surface area contributed by atoms with Crippen LogP contribution in [0.25, 0.3) is 22.0 Å². The summed E-state index contributed by atoms with van der Waals surface area (Å²) < 4.78 is 24.0. The molecule has 0 aliphatic carbocycles. The van der Waals surface area contributed by atoms with Crippen molar-refractivity contribution in [2.24, 2.45) is 7.05 Å². The summed E-state index contributed by atoms with van der Waals surface area (Å²) in [7, 11) is 1.72. The number of aromatic nitrogens is 3. The molecule has 0 unspecified atom stereocenters. The van der Waals surface area contributed by atoms with Crippen molar-refractivity contribution >= 4 is 28.5 Å². The third-order valence-electron chi connectivity index (χ3n) is 4.41. The van der Waals surface area contributed by atoms with Crippen LogP contribution in [0.15, 0.2) is 59.8 Å². The summed E-state index contributed by atoms with van der Waals surface area (Å²) in [6, 6.07) is 10.2. The Morgan fingerprint density at radius 2 is 2.10 bits per heavy atom. The fourth-order valence-corrected chi connectivity index (χ4v) is 3.50. The van der Waals surface area contributed by atoms with Gasteiger partial charge in [-0.15, -0.1) is 0 Å². The molecule has 0 atom stereocenters. The Morgan fingerprint density at radius 1 is 1.24 bits per heavy atom. The standard InChI is InChI=1S/C21H19FN4O2S/c1-3-29-25-14-5-6-18(28-19-7-4-13(22)11-24-19)16(10-14)17-12-26(2)21(27)15-8-9-23-20(15)17/h4-12,23,25H,3H2,1-2H3. The molecule has 0 bridgehead atoms. The van der Waals surface area contributed by atoms with E-state index in [2.05, 4.69) is 21.6 Å². The number of pyridine rings is 2. The predicted octanol–water partition coefficient (Wildman–Crippen LogP) is 4.94. The van der Waals surface area contributed by atoms with Crippen LogP contribution in [0.2, 0.25) is 0 Å². The van der Waals surface area contributed by atoms with Crippen LogP contribution in [0.4, 0.5) is 10.1 Å². The van der Waals surface area contributed by atoms with Crippen molar-refractivity contribution in [2.45, 2.75) is 6.92 Å². The summed E-state index contributed by atoms with van der Waals surface area (Å²) in [5, 5.41) is 0.595. The van der Waals surface area contributed by atoms with Crippen LogP contribution in [0.3, 0.4) is 0 Å². The molecule has 3 heterocycles. The number of nitrogens with zero attached hydrogens (tertiary/aromatic N) is 2. The smallest absolute Gasteiger partial charge is 0.259 e. The van der Waals surface area contributed by atoms with Crippen LogP contribution in [0.1, 0.15) is 6.92 Å². The van der Waals surface area contributed by atoms with Crippen molar-refractivity contribution in [3.05, 3.63) is 71.2 Å². The first-order chi connectivity index (χ1) is 14.1. The first-order valence-corrected chi connectivity index (χ1v) is 10.0. The zero-order valence-electron chi connectivity index (χ0n) is 15.9. The predicted molar refractivity (Wildman–Crippen MR) is 115 cm³/mol. The monoisotopic (exact) mass is 410 g/mol. The maximum Gasteiger partial charge on any atom is 0.259 e. The first kappa shape index (κ1) is 19.1. The van der Waals surface area contributed by atoms with Gasteiger partial charge in [-0.05, 0) is 30.3 Å². The molecule has 2 N–H and O–H groups in total. The molecule has 0 spiro atoms. The Balaban J connectivity index is 1.87. The molecule has 0 saturated carbocycles. The highest BCUT2D eigenvalue weighted by atomic mass is 32.2. The van der Waals surface area contributed by atoms with Crippen LogP contribution in [-0.4, -0.2) is 20.3 Å². The molecule has 1 aromatic carbocycles. The molecule has 0 aliphatic rings. The van der Waals surface area contributed by atoms with Gasteiger partial charge in [0.1, 0.15) is 11.6 Å². The van der Waals surface area contributed by atoms with Crippen LogP contribution < -0.4 is 15.0 Å². The molecule has 0 fully saturated rings. The van der Waals surface area contributed by atoms with E-state index in [1.54, 1.807) is 42.0 Å². The quantitative estimate of drug-likeness (QED) is 0.441. The summed E-state index contributed by atoms with van der Waals surface area (Å²) in [4.78, 5) is 19.6. The minimum atomic E-state index is -0.431. The number of ether oxygens (including phenoxy) is 1. The number of anilines is 1. The fraction of sp³-hybridized carbons (Fsp3) is 0.143. The van der Waals surface area contributed by atoms with Crippen LogP contribution in [-0.2, 0) is 7.05 Å². The van der Waals surface area contributed by atoms with Gasteiger partial charge in [0, 0.05) is 48.1 Å². The van der Waals surface area contributed by atoms with Gasteiger partial charge in [-0.25, -0.2) is 9.37 Å². The number of hydrogen-bond acceptors (Lipinski definition) is 5. The number of hydrogen-bond donors (Lipinski definition) is 2. The summed E-state index contributed by atoms with van der Waals surface area (Å²) in [5.74, 6) is 1.31. The topological polar surface area (TPSA) is 71.9 Å². The van der Waals surface area contributed by atoms with Crippen molar-refractivity contribution in [3.63, 3.8) is 0 Å².